The Balaban J connectivity index is 2.03. The van der Waals surface area contributed by atoms with Gasteiger partial charge in [0.1, 0.15) is 0 Å². The zero-order valence-corrected chi connectivity index (χ0v) is 9.20. The number of hydrogen-bond donors (Lipinski definition) is 1. The monoisotopic (exact) mass is 247 g/mol. The van der Waals surface area contributed by atoms with E-state index >= 15 is 0 Å². The van der Waals surface area contributed by atoms with Gasteiger partial charge in [-0.15, -0.1) is 10.2 Å². The van der Waals surface area contributed by atoms with Crippen LogP contribution in [0, 0.1) is 0 Å². The summed E-state index contributed by atoms with van der Waals surface area (Å²) in [7, 11) is 0. The van der Waals surface area contributed by atoms with Crippen LogP contribution in [0.2, 0.25) is 0 Å². The first-order chi connectivity index (χ1) is 5.68. The molecule has 2 rings (SSSR count). The average molecular weight is 248 g/mol. The van der Waals surface area contributed by atoms with Crippen molar-refractivity contribution in [2.75, 3.05) is 5.32 Å². The van der Waals surface area contributed by atoms with Gasteiger partial charge in [-0.3, -0.25) is 0 Å². The summed E-state index contributed by atoms with van der Waals surface area (Å²) in [5.74, 6) is 0. The van der Waals surface area contributed by atoms with Gasteiger partial charge in [-0.05, 0) is 42.1 Å². The zero-order valence-electron chi connectivity index (χ0n) is 6.80. The van der Waals surface area contributed by atoms with Gasteiger partial charge in [-0.1, -0.05) is 11.3 Å². The quantitative estimate of drug-likeness (QED) is 0.874. The summed E-state index contributed by atoms with van der Waals surface area (Å²) in [4.78, 5) is 0. The lowest BCUT2D eigenvalue weighted by Crippen LogP contribution is -2.41. The van der Waals surface area contributed by atoms with Gasteiger partial charge in [0.25, 0.3) is 0 Å². The highest BCUT2D eigenvalue weighted by atomic mass is 79.9. The molecule has 0 unspecified atom stereocenters. The maximum Gasteiger partial charge on any atom is 0.206 e. The Morgan fingerprint density at radius 1 is 1.50 bits per heavy atom. The molecule has 1 heterocycles. The molecule has 0 radical (unpaired) electrons. The van der Waals surface area contributed by atoms with Gasteiger partial charge < -0.3 is 5.32 Å². The molecule has 3 nitrogen and oxygen atoms in total. The normalized spacial score (nSPS) is 20.2. The molecule has 0 atom stereocenters. The van der Waals surface area contributed by atoms with Crippen molar-refractivity contribution in [3.8, 4) is 0 Å². The van der Waals surface area contributed by atoms with Gasteiger partial charge >= 0.3 is 0 Å². The van der Waals surface area contributed by atoms with E-state index in [1.165, 1.54) is 19.3 Å². The van der Waals surface area contributed by atoms with Gasteiger partial charge in [0.15, 0.2) is 3.92 Å². The average Bonchev–Trinajstić information content (AvgIpc) is 2.32. The molecule has 1 fully saturated rings. The van der Waals surface area contributed by atoms with Crippen LogP contribution in [-0.2, 0) is 0 Å². The van der Waals surface area contributed by atoms with Crippen molar-refractivity contribution in [2.45, 2.75) is 31.7 Å². The van der Waals surface area contributed by atoms with Crippen LogP contribution in [0.1, 0.15) is 26.2 Å². The molecule has 1 aliphatic carbocycles. The molecule has 0 amide bonds. The van der Waals surface area contributed by atoms with E-state index in [0.717, 1.165) is 9.05 Å². The molecule has 1 aliphatic rings. The fourth-order valence-electron chi connectivity index (χ4n) is 1.35. The molecular formula is C7H10BrN3S. The lowest BCUT2D eigenvalue weighted by molar-refractivity contribution is 0.306. The van der Waals surface area contributed by atoms with Gasteiger partial charge in [-0.25, -0.2) is 0 Å². The van der Waals surface area contributed by atoms with E-state index in [4.69, 9.17) is 0 Å². The van der Waals surface area contributed by atoms with Crippen molar-refractivity contribution < 1.29 is 0 Å². The van der Waals surface area contributed by atoms with Crippen molar-refractivity contribution in [1.82, 2.24) is 10.2 Å². The Bertz CT molecular complexity index is 282. The Hall–Kier alpha value is -0.160. The van der Waals surface area contributed by atoms with Crippen LogP contribution in [0.3, 0.4) is 0 Å². The topological polar surface area (TPSA) is 37.8 Å². The predicted molar refractivity (Wildman–Crippen MR) is 53.5 cm³/mol. The zero-order chi connectivity index (χ0) is 8.60. The molecule has 1 saturated carbocycles. The Morgan fingerprint density at radius 2 is 2.25 bits per heavy atom. The maximum absolute atomic E-state index is 3.99. The highest BCUT2D eigenvalue weighted by Crippen LogP contribution is 2.35. The number of nitrogens with zero attached hydrogens (tertiary/aromatic N) is 2. The third-order valence-electron chi connectivity index (χ3n) is 2.27. The fourth-order valence-corrected chi connectivity index (χ4v) is 2.51. The summed E-state index contributed by atoms with van der Waals surface area (Å²) in [5, 5.41) is 12.2. The number of anilines is 1. The van der Waals surface area contributed by atoms with Gasteiger partial charge in [0, 0.05) is 5.54 Å². The molecule has 1 aromatic heterocycles. The predicted octanol–water partition coefficient (Wildman–Crippen LogP) is 2.66. The van der Waals surface area contributed by atoms with Crippen molar-refractivity contribution in [2.24, 2.45) is 0 Å². The van der Waals surface area contributed by atoms with Crippen molar-refractivity contribution >= 4 is 32.4 Å². The van der Waals surface area contributed by atoms with Crippen molar-refractivity contribution in [3.05, 3.63) is 3.92 Å². The molecule has 1 aromatic rings. The second-order valence-corrected chi connectivity index (χ2v) is 5.65. The van der Waals surface area contributed by atoms with Crippen LogP contribution in [0.15, 0.2) is 3.92 Å². The lowest BCUT2D eigenvalue weighted by Gasteiger charge is -2.38. The van der Waals surface area contributed by atoms with E-state index in [1.54, 1.807) is 11.3 Å². The Labute approximate surface area is 83.7 Å². The summed E-state index contributed by atoms with van der Waals surface area (Å²) in [6.45, 7) is 2.23. The second kappa shape index (κ2) is 2.96. The van der Waals surface area contributed by atoms with Crippen LogP contribution in [-0.4, -0.2) is 15.7 Å². The lowest BCUT2D eigenvalue weighted by atomic mass is 9.79. The summed E-state index contributed by atoms with van der Waals surface area (Å²) in [6, 6.07) is 0. The minimum absolute atomic E-state index is 0.277. The van der Waals surface area contributed by atoms with Crippen LogP contribution in [0.4, 0.5) is 5.13 Å². The summed E-state index contributed by atoms with van der Waals surface area (Å²) < 4.78 is 0.841. The molecule has 66 valence electrons. The van der Waals surface area contributed by atoms with E-state index in [2.05, 4.69) is 38.4 Å². The largest absolute Gasteiger partial charge is 0.355 e. The smallest absolute Gasteiger partial charge is 0.206 e. The first-order valence-corrected chi connectivity index (χ1v) is 5.56. The second-order valence-electron chi connectivity index (χ2n) is 3.40. The van der Waals surface area contributed by atoms with Crippen molar-refractivity contribution in [3.63, 3.8) is 0 Å². The summed E-state index contributed by atoms with van der Waals surface area (Å²) in [6.07, 6.45) is 3.80. The van der Waals surface area contributed by atoms with Crippen LogP contribution >= 0.6 is 27.3 Å². The SMILES string of the molecule is CC1(Nc2nnc(Br)s2)CCC1. The standard InChI is InChI=1S/C7H10BrN3S/c1-7(3-2-4-7)9-6-11-10-5(8)12-6/h2-4H2,1H3,(H,9,11). The number of hydrogen-bond acceptors (Lipinski definition) is 4. The molecule has 0 spiro atoms. The number of rotatable bonds is 2. The van der Waals surface area contributed by atoms with Gasteiger partial charge in [-0.2, -0.15) is 0 Å². The van der Waals surface area contributed by atoms with Gasteiger partial charge in [0.2, 0.25) is 5.13 Å². The minimum Gasteiger partial charge on any atom is -0.355 e. The molecule has 0 saturated heterocycles. The highest BCUT2D eigenvalue weighted by Gasteiger charge is 2.32. The third kappa shape index (κ3) is 1.61. The van der Waals surface area contributed by atoms with E-state index in [-0.39, 0.29) is 5.54 Å². The number of aromatic nitrogens is 2. The Kier molecular flexibility index (Phi) is 2.08. The molecule has 5 heteroatoms. The number of nitrogens with one attached hydrogen (secondary N) is 1. The van der Waals surface area contributed by atoms with Gasteiger partial charge in [0.05, 0.1) is 0 Å². The molecule has 0 aromatic carbocycles. The molecule has 0 bridgehead atoms. The third-order valence-corrected chi connectivity index (χ3v) is 3.54. The molecule has 12 heavy (non-hydrogen) atoms. The van der Waals surface area contributed by atoms with E-state index < -0.39 is 0 Å². The molecule has 0 aliphatic heterocycles. The first kappa shape index (κ1) is 8.44. The number of halogens is 1. The van der Waals surface area contributed by atoms with E-state index in [0.29, 0.717) is 0 Å². The molecule has 1 N–H and O–H groups in total. The first-order valence-electron chi connectivity index (χ1n) is 3.95. The highest BCUT2D eigenvalue weighted by molar-refractivity contribution is 9.11. The summed E-state index contributed by atoms with van der Waals surface area (Å²) in [5.41, 5.74) is 0.277. The van der Waals surface area contributed by atoms with Crippen LogP contribution in [0.5, 0.6) is 0 Å². The minimum atomic E-state index is 0.277. The molecular weight excluding hydrogens is 238 g/mol. The van der Waals surface area contributed by atoms with E-state index in [1.807, 2.05) is 0 Å². The van der Waals surface area contributed by atoms with Crippen molar-refractivity contribution in [1.29, 1.82) is 0 Å². The maximum atomic E-state index is 3.99. The fraction of sp³-hybridized carbons (Fsp3) is 0.714. The van der Waals surface area contributed by atoms with E-state index in [9.17, 15) is 0 Å². The summed E-state index contributed by atoms with van der Waals surface area (Å²) >= 11 is 4.83. The Morgan fingerprint density at radius 3 is 2.67 bits per heavy atom. The van der Waals surface area contributed by atoms with Crippen LogP contribution in [0.25, 0.3) is 0 Å². The van der Waals surface area contributed by atoms with Crippen LogP contribution < -0.4 is 5.32 Å².